The maximum Gasteiger partial charge on any atom is 0.410 e. The van der Waals surface area contributed by atoms with Gasteiger partial charge in [0.05, 0.1) is 35.1 Å². The van der Waals surface area contributed by atoms with Crippen LogP contribution in [0.4, 0.5) is 4.79 Å². The highest BCUT2D eigenvalue weighted by Gasteiger charge is 2.31. The molecule has 12 heteroatoms. The van der Waals surface area contributed by atoms with Crippen LogP contribution in [0, 0.1) is 0 Å². The Morgan fingerprint density at radius 2 is 1.55 bits per heavy atom. The topological polar surface area (TPSA) is 91.2 Å². The number of carbonyl (C=O) groups excluding carboxylic acids is 1. The number of methoxy groups -OCH3 is 1. The van der Waals surface area contributed by atoms with E-state index < -0.39 is 5.60 Å². The van der Waals surface area contributed by atoms with E-state index in [1.165, 1.54) is 5.56 Å². The van der Waals surface area contributed by atoms with Crippen molar-refractivity contribution in [3.8, 4) is 39.4 Å². The van der Waals surface area contributed by atoms with E-state index >= 15 is 0 Å². The van der Waals surface area contributed by atoms with Gasteiger partial charge in [0.1, 0.15) is 17.0 Å². The summed E-state index contributed by atoms with van der Waals surface area (Å²) in [6, 6.07) is 18.3. The number of nitrogens with zero attached hydrogens (tertiary/aromatic N) is 5. The molecule has 0 unspecified atom stereocenters. The van der Waals surface area contributed by atoms with E-state index in [2.05, 4.69) is 28.8 Å². The largest absolute Gasteiger partial charge is 0.496 e. The van der Waals surface area contributed by atoms with E-state index in [4.69, 9.17) is 52.1 Å². The normalized spacial score (nSPS) is 15.7. The maximum absolute atomic E-state index is 13.4. The van der Waals surface area contributed by atoms with Crippen molar-refractivity contribution in [3.05, 3.63) is 88.2 Å². The molecule has 2 saturated heterocycles. The number of carbonyl (C=O) groups is 1. The zero-order chi connectivity index (χ0) is 39.6. The lowest BCUT2D eigenvalue weighted by atomic mass is 9.99. The summed E-state index contributed by atoms with van der Waals surface area (Å²) in [6.45, 7) is 9.63. The minimum absolute atomic E-state index is 0.00689. The molecule has 0 aliphatic carbocycles. The Balaban J connectivity index is 1.16. The van der Waals surface area contributed by atoms with Crippen molar-refractivity contribution in [1.29, 1.82) is 0 Å². The van der Waals surface area contributed by atoms with E-state index in [0.717, 1.165) is 90.0 Å². The predicted octanol–water partition coefficient (Wildman–Crippen LogP) is 9.81. The molecule has 0 bridgehead atoms. The Morgan fingerprint density at radius 1 is 0.875 bits per heavy atom. The summed E-state index contributed by atoms with van der Waals surface area (Å²) in [7, 11) is 5.86. The number of hydrogen-bond acceptors (Lipinski definition) is 8. The van der Waals surface area contributed by atoms with Gasteiger partial charge in [-0.1, -0.05) is 53.5 Å². The first-order valence-electron chi connectivity index (χ1n) is 19.3. The van der Waals surface area contributed by atoms with Gasteiger partial charge in [-0.3, -0.25) is 9.88 Å². The Hall–Kier alpha value is -4.19. The number of ether oxygens (including phenoxy) is 4. The number of hydrogen-bond donors (Lipinski definition) is 0. The van der Waals surface area contributed by atoms with Crippen molar-refractivity contribution < 1.29 is 23.7 Å². The number of aryl methyl sites for hydroxylation is 1. The average Bonchev–Trinajstić information content (AvgIpc) is 3.50. The second-order valence-corrected chi connectivity index (χ2v) is 16.5. The molecule has 56 heavy (non-hydrogen) atoms. The van der Waals surface area contributed by atoms with Crippen LogP contribution < -0.4 is 4.74 Å². The van der Waals surface area contributed by atoms with Crippen molar-refractivity contribution in [2.45, 2.75) is 77.2 Å². The highest BCUT2D eigenvalue weighted by molar-refractivity contribution is 6.39. The lowest BCUT2D eigenvalue weighted by molar-refractivity contribution is -0.00822. The molecule has 0 spiro atoms. The fourth-order valence-electron chi connectivity index (χ4n) is 7.79. The summed E-state index contributed by atoms with van der Waals surface area (Å²) in [5.41, 5.74) is 6.85. The van der Waals surface area contributed by atoms with Crippen LogP contribution in [0.5, 0.6) is 5.75 Å². The molecule has 0 saturated carbocycles. The third-order valence-electron chi connectivity index (χ3n) is 10.8. The quantitative estimate of drug-likeness (QED) is 0.138. The number of pyridine rings is 2. The van der Waals surface area contributed by atoms with Crippen LogP contribution >= 0.6 is 23.2 Å². The third-order valence-corrected chi connectivity index (χ3v) is 11.5. The van der Waals surface area contributed by atoms with Crippen molar-refractivity contribution in [2.75, 3.05) is 40.6 Å². The monoisotopic (exact) mass is 799 g/mol. The van der Waals surface area contributed by atoms with E-state index in [9.17, 15) is 4.79 Å². The molecule has 0 radical (unpaired) electrons. The standard InChI is InChI=1S/C44H51Cl2N5O5/c1-44(2,3)56-43(52)51(32-17-22-55-23-18-32)27-29-11-10-28(24-38(29)53-6)41-40(46)35(14-19-47-41)34-8-7-9-36(39(34)45)37-13-12-33-30(26-50(5)42(33)48-37)25-49(4)31-15-20-54-21-16-31/h7-14,19,24,26,31-32H,15-18,20-23,25,27H2,1-6H3. The summed E-state index contributed by atoms with van der Waals surface area (Å²) in [5.74, 6) is 0.618. The van der Waals surface area contributed by atoms with Gasteiger partial charge in [-0.2, -0.15) is 0 Å². The molecule has 296 valence electrons. The first-order chi connectivity index (χ1) is 26.9. The van der Waals surface area contributed by atoms with Gasteiger partial charge in [-0.25, -0.2) is 9.78 Å². The Bertz CT molecular complexity index is 2190. The number of amides is 1. The molecule has 10 nitrogen and oxygen atoms in total. The van der Waals surface area contributed by atoms with Crippen LogP contribution in [0.3, 0.4) is 0 Å². The summed E-state index contributed by atoms with van der Waals surface area (Å²) in [5, 5.41) is 2.14. The van der Waals surface area contributed by atoms with Gasteiger partial charge < -0.3 is 28.4 Å². The fraction of sp³-hybridized carbons (Fsp3) is 0.432. The lowest BCUT2D eigenvalue weighted by Crippen LogP contribution is -2.45. The molecule has 2 aromatic carbocycles. The SMILES string of the molecule is COc1cc(-c2nccc(-c3cccc(-c4ccc5c(CN(C)C6CCOCC6)cn(C)c5n4)c3Cl)c2Cl)ccc1CN(C(=O)OC(C)(C)C)C1CCOCC1. The number of fused-ring (bicyclic) bond motifs is 1. The zero-order valence-electron chi connectivity index (χ0n) is 33.1. The molecule has 0 N–H and O–H groups in total. The smallest absolute Gasteiger partial charge is 0.410 e. The first kappa shape index (κ1) is 40.0. The van der Waals surface area contributed by atoms with Crippen LogP contribution in [-0.4, -0.2) is 88.7 Å². The highest BCUT2D eigenvalue weighted by Crippen LogP contribution is 2.42. The fourth-order valence-corrected chi connectivity index (χ4v) is 8.44. The number of halogens is 2. The van der Waals surface area contributed by atoms with Crippen LogP contribution in [0.1, 0.15) is 57.6 Å². The summed E-state index contributed by atoms with van der Waals surface area (Å²) >= 11 is 14.4. The minimum atomic E-state index is -0.623. The van der Waals surface area contributed by atoms with Crippen LogP contribution in [0.25, 0.3) is 44.7 Å². The Kier molecular flexibility index (Phi) is 12.2. The second kappa shape index (κ2) is 17.1. The van der Waals surface area contributed by atoms with Crippen LogP contribution in [0.15, 0.2) is 67.0 Å². The molecule has 0 atom stereocenters. The Labute approximate surface area is 339 Å². The molecular weight excluding hydrogens is 749 g/mol. The second-order valence-electron chi connectivity index (χ2n) is 15.8. The first-order valence-corrected chi connectivity index (χ1v) is 20.1. The van der Waals surface area contributed by atoms with Gasteiger partial charge in [0.25, 0.3) is 0 Å². The van der Waals surface area contributed by atoms with Crippen molar-refractivity contribution in [3.63, 3.8) is 0 Å². The highest BCUT2D eigenvalue weighted by atomic mass is 35.5. The molecule has 5 heterocycles. The van der Waals surface area contributed by atoms with Crippen molar-refractivity contribution >= 4 is 40.3 Å². The van der Waals surface area contributed by atoms with E-state index in [0.29, 0.717) is 47.3 Å². The van der Waals surface area contributed by atoms with Crippen molar-refractivity contribution in [1.82, 2.24) is 24.3 Å². The van der Waals surface area contributed by atoms with Crippen molar-refractivity contribution in [2.24, 2.45) is 7.05 Å². The van der Waals surface area contributed by atoms with Gasteiger partial charge in [-0.15, -0.1) is 0 Å². The minimum Gasteiger partial charge on any atom is -0.496 e. The van der Waals surface area contributed by atoms with Gasteiger partial charge in [0.15, 0.2) is 0 Å². The average molecular weight is 801 g/mol. The third kappa shape index (κ3) is 8.70. The van der Waals surface area contributed by atoms with Gasteiger partial charge in [-0.05, 0) is 83.3 Å². The van der Waals surface area contributed by atoms with E-state index in [1.807, 2.05) is 76.3 Å². The number of benzene rings is 2. The maximum atomic E-state index is 13.4. The van der Waals surface area contributed by atoms with Gasteiger partial charge >= 0.3 is 6.09 Å². The Morgan fingerprint density at radius 3 is 2.25 bits per heavy atom. The van der Waals surface area contributed by atoms with Crippen LogP contribution in [-0.2, 0) is 34.3 Å². The molecule has 5 aromatic rings. The van der Waals surface area contributed by atoms with Crippen LogP contribution in [0.2, 0.25) is 10.0 Å². The molecule has 2 aliphatic rings. The predicted molar refractivity (Wildman–Crippen MR) is 222 cm³/mol. The molecular formula is C44H51Cl2N5O5. The van der Waals surface area contributed by atoms with Gasteiger partial charge in [0, 0.05) is 97.7 Å². The number of rotatable bonds is 10. The molecule has 2 aliphatic heterocycles. The van der Waals surface area contributed by atoms with E-state index in [1.54, 1.807) is 18.2 Å². The molecule has 7 rings (SSSR count). The van der Waals surface area contributed by atoms with Gasteiger partial charge in [0.2, 0.25) is 0 Å². The summed E-state index contributed by atoms with van der Waals surface area (Å²) in [6.07, 6.45) is 7.14. The summed E-state index contributed by atoms with van der Waals surface area (Å²) < 4.78 is 25.0. The van der Waals surface area contributed by atoms with E-state index in [-0.39, 0.29) is 12.1 Å². The molecule has 2 fully saturated rings. The lowest BCUT2D eigenvalue weighted by Gasteiger charge is -2.35. The number of aromatic nitrogens is 3. The molecule has 1 amide bonds. The molecule has 3 aromatic heterocycles. The zero-order valence-corrected chi connectivity index (χ0v) is 34.6. The summed E-state index contributed by atoms with van der Waals surface area (Å²) in [4.78, 5) is 27.5.